The van der Waals surface area contributed by atoms with Gasteiger partial charge in [-0.1, -0.05) is 35.9 Å². The van der Waals surface area contributed by atoms with Crippen LogP contribution in [0.4, 0.5) is 4.79 Å². The molecule has 3 rings (SSSR count). The summed E-state index contributed by atoms with van der Waals surface area (Å²) in [5.41, 5.74) is 3.19. The largest absolute Gasteiger partial charge is 0.395 e. The first-order valence-electron chi connectivity index (χ1n) is 8.02. The number of nitrogens with zero attached hydrogens (tertiary/aromatic N) is 2. The predicted molar refractivity (Wildman–Crippen MR) is 92.8 cm³/mol. The van der Waals surface area contributed by atoms with Crippen molar-refractivity contribution in [3.63, 3.8) is 0 Å². The maximum Gasteiger partial charge on any atom is 0.318 e. The average molecular weight is 346 g/mol. The SMILES string of the molecule is O=C(NCc1ccc(Cl)cn1)N(CCO)C1CCc2ccccc21. The van der Waals surface area contributed by atoms with Gasteiger partial charge in [0, 0.05) is 12.7 Å². The Balaban J connectivity index is 1.69. The van der Waals surface area contributed by atoms with Crippen LogP contribution in [0.3, 0.4) is 0 Å². The highest BCUT2D eigenvalue weighted by Gasteiger charge is 2.30. The zero-order chi connectivity index (χ0) is 16.9. The molecule has 0 aliphatic heterocycles. The maximum absolute atomic E-state index is 12.6. The average Bonchev–Trinajstić information content (AvgIpc) is 3.03. The molecule has 2 amide bonds. The van der Waals surface area contributed by atoms with Gasteiger partial charge in [0.2, 0.25) is 0 Å². The summed E-state index contributed by atoms with van der Waals surface area (Å²) in [6, 6.07) is 11.5. The molecule has 0 radical (unpaired) electrons. The number of aliphatic hydroxyl groups is 1. The van der Waals surface area contributed by atoms with Gasteiger partial charge in [-0.3, -0.25) is 4.98 Å². The molecule has 0 spiro atoms. The molecule has 1 aromatic heterocycles. The van der Waals surface area contributed by atoms with E-state index in [-0.39, 0.29) is 18.7 Å². The van der Waals surface area contributed by atoms with Crippen LogP contribution in [0.15, 0.2) is 42.6 Å². The summed E-state index contributed by atoms with van der Waals surface area (Å²) >= 11 is 5.81. The van der Waals surface area contributed by atoms with Gasteiger partial charge in [-0.2, -0.15) is 0 Å². The van der Waals surface area contributed by atoms with Crippen molar-refractivity contribution in [1.82, 2.24) is 15.2 Å². The first-order chi connectivity index (χ1) is 11.7. The van der Waals surface area contributed by atoms with E-state index in [1.54, 1.807) is 23.2 Å². The molecule has 0 saturated carbocycles. The van der Waals surface area contributed by atoms with Gasteiger partial charge in [0.25, 0.3) is 0 Å². The molecule has 1 aliphatic carbocycles. The Hall–Kier alpha value is -2.11. The molecule has 2 N–H and O–H groups in total. The molecule has 1 unspecified atom stereocenters. The van der Waals surface area contributed by atoms with Gasteiger partial charge in [0.15, 0.2) is 0 Å². The summed E-state index contributed by atoms with van der Waals surface area (Å²) in [6.45, 7) is 0.566. The molecule has 1 atom stereocenters. The fraction of sp³-hybridized carbons (Fsp3) is 0.333. The quantitative estimate of drug-likeness (QED) is 0.875. The van der Waals surface area contributed by atoms with Crippen LogP contribution in [0.25, 0.3) is 0 Å². The first kappa shape index (κ1) is 16.7. The fourth-order valence-corrected chi connectivity index (χ4v) is 3.26. The van der Waals surface area contributed by atoms with E-state index in [4.69, 9.17) is 11.6 Å². The molecule has 5 nitrogen and oxygen atoms in total. The third-order valence-corrected chi connectivity index (χ3v) is 4.51. The van der Waals surface area contributed by atoms with Crippen LogP contribution in [0.5, 0.6) is 0 Å². The summed E-state index contributed by atoms with van der Waals surface area (Å²) in [4.78, 5) is 18.5. The van der Waals surface area contributed by atoms with Crippen molar-refractivity contribution < 1.29 is 9.90 Å². The summed E-state index contributed by atoms with van der Waals surface area (Å²) in [5.74, 6) is 0. The molecule has 0 saturated heterocycles. The van der Waals surface area contributed by atoms with E-state index < -0.39 is 0 Å². The molecule has 0 bridgehead atoms. The van der Waals surface area contributed by atoms with Crippen molar-refractivity contribution in [3.8, 4) is 0 Å². The topological polar surface area (TPSA) is 65.5 Å². The number of hydrogen-bond donors (Lipinski definition) is 2. The van der Waals surface area contributed by atoms with E-state index in [1.165, 1.54) is 11.1 Å². The number of halogens is 1. The highest BCUT2D eigenvalue weighted by Crippen LogP contribution is 2.35. The second-order valence-corrected chi connectivity index (χ2v) is 6.23. The third kappa shape index (κ3) is 3.68. The number of aryl methyl sites for hydroxylation is 1. The van der Waals surface area contributed by atoms with E-state index in [9.17, 15) is 9.90 Å². The monoisotopic (exact) mass is 345 g/mol. The number of urea groups is 1. The molecule has 1 heterocycles. The number of carbonyl (C=O) groups is 1. The number of nitrogens with one attached hydrogen (secondary N) is 1. The van der Waals surface area contributed by atoms with E-state index in [1.807, 2.05) is 12.1 Å². The minimum Gasteiger partial charge on any atom is -0.395 e. The van der Waals surface area contributed by atoms with Crippen molar-refractivity contribution in [1.29, 1.82) is 0 Å². The van der Waals surface area contributed by atoms with Crippen LogP contribution < -0.4 is 5.32 Å². The summed E-state index contributed by atoms with van der Waals surface area (Å²) in [5, 5.41) is 12.8. The fourth-order valence-electron chi connectivity index (χ4n) is 3.14. The van der Waals surface area contributed by atoms with Crippen LogP contribution in [0.2, 0.25) is 5.02 Å². The number of hydrogen-bond acceptors (Lipinski definition) is 3. The normalized spacial score (nSPS) is 15.8. The molecule has 1 aliphatic rings. The van der Waals surface area contributed by atoms with Gasteiger partial charge in [-0.15, -0.1) is 0 Å². The van der Waals surface area contributed by atoms with Crippen LogP contribution in [0.1, 0.15) is 29.3 Å². The Morgan fingerprint density at radius 2 is 2.17 bits per heavy atom. The number of amides is 2. The number of aromatic nitrogens is 1. The van der Waals surface area contributed by atoms with Crippen LogP contribution in [-0.4, -0.2) is 34.2 Å². The lowest BCUT2D eigenvalue weighted by Gasteiger charge is -2.29. The van der Waals surface area contributed by atoms with Gasteiger partial charge >= 0.3 is 6.03 Å². The lowest BCUT2D eigenvalue weighted by Crippen LogP contribution is -2.43. The standard InChI is InChI=1S/C18H20ClN3O2/c19-14-6-7-15(20-11-14)12-21-18(24)22(9-10-23)17-8-5-13-3-1-2-4-16(13)17/h1-4,6-7,11,17,23H,5,8-10,12H2,(H,21,24). The van der Waals surface area contributed by atoms with Gasteiger partial charge in [-0.25, -0.2) is 4.79 Å². The van der Waals surface area contributed by atoms with Gasteiger partial charge < -0.3 is 15.3 Å². The molecule has 0 fully saturated rings. The highest BCUT2D eigenvalue weighted by molar-refractivity contribution is 6.30. The van der Waals surface area contributed by atoms with E-state index in [0.717, 1.165) is 18.5 Å². The van der Waals surface area contributed by atoms with Crippen molar-refractivity contribution >= 4 is 17.6 Å². The maximum atomic E-state index is 12.6. The second kappa shape index (κ2) is 7.64. The molecular weight excluding hydrogens is 326 g/mol. The van der Waals surface area contributed by atoms with Crippen LogP contribution in [0, 0.1) is 0 Å². The Kier molecular flexibility index (Phi) is 5.33. The molecule has 126 valence electrons. The second-order valence-electron chi connectivity index (χ2n) is 5.80. The Morgan fingerprint density at radius 3 is 2.92 bits per heavy atom. The van der Waals surface area contributed by atoms with E-state index >= 15 is 0 Å². The van der Waals surface area contributed by atoms with Gasteiger partial charge in [0.05, 0.1) is 29.9 Å². The van der Waals surface area contributed by atoms with Gasteiger partial charge in [-0.05, 0) is 36.1 Å². The Labute approximate surface area is 146 Å². The minimum atomic E-state index is -0.192. The zero-order valence-corrected chi connectivity index (χ0v) is 14.0. The summed E-state index contributed by atoms with van der Waals surface area (Å²) in [7, 11) is 0. The smallest absolute Gasteiger partial charge is 0.318 e. The Bertz CT molecular complexity index is 706. The van der Waals surface area contributed by atoms with Crippen LogP contribution in [-0.2, 0) is 13.0 Å². The number of fused-ring (bicyclic) bond motifs is 1. The van der Waals surface area contributed by atoms with Crippen LogP contribution >= 0.6 is 11.6 Å². The molecule has 1 aromatic carbocycles. The van der Waals surface area contributed by atoms with Crippen molar-refractivity contribution in [2.24, 2.45) is 0 Å². The number of rotatable bonds is 5. The highest BCUT2D eigenvalue weighted by atomic mass is 35.5. The third-order valence-electron chi connectivity index (χ3n) is 4.29. The summed E-state index contributed by atoms with van der Waals surface area (Å²) < 4.78 is 0. The minimum absolute atomic E-state index is 0.00604. The number of benzene rings is 1. The number of aliphatic hydroxyl groups excluding tert-OH is 1. The number of carbonyl (C=O) groups excluding carboxylic acids is 1. The molecular formula is C18H20ClN3O2. The van der Waals surface area contributed by atoms with Crippen molar-refractivity contribution in [2.75, 3.05) is 13.2 Å². The zero-order valence-electron chi connectivity index (χ0n) is 13.3. The van der Waals surface area contributed by atoms with Crippen molar-refractivity contribution in [3.05, 3.63) is 64.4 Å². The summed E-state index contributed by atoms with van der Waals surface area (Å²) in [6.07, 6.45) is 3.39. The number of pyridine rings is 1. The van der Waals surface area contributed by atoms with Crippen molar-refractivity contribution in [2.45, 2.75) is 25.4 Å². The Morgan fingerprint density at radius 1 is 1.33 bits per heavy atom. The lowest BCUT2D eigenvalue weighted by molar-refractivity contribution is 0.151. The first-order valence-corrected chi connectivity index (χ1v) is 8.40. The molecule has 2 aromatic rings. The molecule has 24 heavy (non-hydrogen) atoms. The lowest BCUT2D eigenvalue weighted by atomic mass is 10.1. The van der Waals surface area contributed by atoms with E-state index in [0.29, 0.717) is 18.1 Å². The van der Waals surface area contributed by atoms with Gasteiger partial charge in [0.1, 0.15) is 0 Å². The molecule has 6 heteroatoms. The predicted octanol–water partition coefficient (Wildman–Crippen LogP) is 2.93. The van der Waals surface area contributed by atoms with E-state index in [2.05, 4.69) is 22.4 Å².